The Kier molecular flexibility index (Phi) is 3.46. The molecule has 110 valence electrons. The smallest absolute Gasteiger partial charge is 0.00702 e. The molecule has 22 heavy (non-hydrogen) atoms. The van der Waals surface area contributed by atoms with Crippen LogP contribution in [0.5, 0.6) is 0 Å². The van der Waals surface area contributed by atoms with Crippen molar-refractivity contribution in [2.45, 2.75) is 38.5 Å². The summed E-state index contributed by atoms with van der Waals surface area (Å²) in [5, 5.41) is 5.74. The van der Waals surface area contributed by atoms with E-state index >= 15 is 0 Å². The summed E-state index contributed by atoms with van der Waals surface area (Å²) in [5.74, 6) is 0. The van der Waals surface area contributed by atoms with Crippen LogP contribution in [0.1, 0.15) is 36.0 Å². The number of fused-ring (bicyclic) bond motifs is 5. The van der Waals surface area contributed by atoms with Gasteiger partial charge in [-0.3, -0.25) is 0 Å². The van der Waals surface area contributed by atoms with Gasteiger partial charge in [0.25, 0.3) is 0 Å². The molecule has 0 unspecified atom stereocenters. The third-order valence-corrected chi connectivity index (χ3v) is 5.05. The summed E-state index contributed by atoms with van der Waals surface area (Å²) in [7, 11) is 0. The molecule has 0 saturated heterocycles. The zero-order valence-corrected chi connectivity index (χ0v) is 13.1. The van der Waals surface area contributed by atoms with Crippen LogP contribution in [0.3, 0.4) is 0 Å². The molecule has 0 saturated carbocycles. The average Bonchev–Trinajstić information content (AvgIpc) is 2.59. The van der Waals surface area contributed by atoms with Crippen molar-refractivity contribution >= 4 is 21.5 Å². The van der Waals surface area contributed by atoms with Crippen LogP contribution in [0.4, 0.5) is 0 Å². The van der Waals surface area contributed by atoms with Gasteiger partial charge in [0.05, 0.1) is 0 Å². The molecule has 0 aromatic heterocycles. The molecule has 0 spiro atoms. The Bertz CT molecular complexity index is 855. The Labute approximate surface area is 132 Å². The predicted octanol–water partition coefficient (Wildman–Crippen LogP) is 5.99. The molecule has 0 nitrogen and oxygen atoms in total. The van der Waals surface area contributed by atoms with Crippen LogP contribution < -0.4 is 0 Å². The van der Waals surface area contributed by atoms with Crippen LogP contribution in [0.15, 0.2) is 55.1 Å². The summed E-state index contributed by atoms with van der Waals surface area (Å²) in [6.45, 7) is 3.91. The number of hydrogen-bond acceptors (Lipinski definition) is 0. The Hall–Kier alpha value is -2.08. The van der Waals surface area contributed by atoms with Crippen LogP contribution in [-0.4, -0.2) is 0 Å². The third kappa shape index (κ3) is 2.14. The molecule has 4 rings (SSSR count). The van der Waals surface area contributed by atoms with Gasteiger partial charge in [0.15, 0.2) is 0 Å². The highest BCUT2D eigenvalue weighted by atomic mass is 14.2. The summed E-state index contributed by atoms with van der Waals surface area (Å²) in [6, 6.07) is 16.0. The van der Waals surface area contributed by atoms with E-state index in [2.05, 4.69) is 49.0 Å². The molecule has 0 atom stereocenters. The van der Waals surface area contributed by atoms with Gasteiger partial charge in [-0.15, -0.1) is 6.58 Å². The van der Waals surface area contributed by atoms with Crippen molar-refractivity contribution in [1.29, 1.82) is 0 Å². The summed E-state index contributed by atoms with van der Waals surface area (Å²) in [6.07, 6.45) is 9.35. The second kappa shape index (κ2) is 5.61. The van der Waals surface area contributed by atoms with E-state index in [0.29, 0.717) is 0 Å². The fraction of sp³-hybridized carbons (Fsp3) is 0.273. The van der Waals surface area contributed by atoms with Gasteiger partial charge in [-0.2, -0.15) is 0 Å². The topological polar surface area (TPSA) is 0 Å². The normalized spacial score (nSPS) is 14.2. The molecule has 0 amide bonds. The van der Waals surface area contributed by atoms with Gasteiger partial charge in [-0.05, 0) is 76.8 Å². The molecular formula is C22H22. The molecule has 0 aliphatic heterocycles. The van der Waals surface area contributed by atoms with E-state index in [4.69, 9.17) is 0 Å². The maximum atomic E-state index is 3.91. The van der Waals surface area contributed by atoms with E-state index in [1.165, 1.54) is 52.8 Å². The number of benzene rings is 3. The Morgan fingerprint density at radius 2 is 1.82 bits per heavy atom. The van der Waals surface area contributed by atoms with Crippen LogP contribution in [0.25, 0.3) is 21.5 Å². The second-order valence-corrected chi connectivity index (χ2v) is 6.42. The van der Waals surface area contributed by atoms with Crippen LogP contribution >= 0.6 is 0 Å². The lowest BCUT2D eigenvalue weighted by Gasteiger charge is -2.21. The molecule has 0 heteroatoms. The fourth-order valence-corrected chi connectivity index (χ4v) is 4.00. The summed E-state index contributed by atoms with van der Waals surface area (Å²) in [4.78, 5) is 0. The molecule has 1 aliphatic carbocycles. The average molecular weight is 286 g/mol. The van der Waals surface area contributed by atoms with E-state index in [1.807, 2.05) is 6.08 Å². The Morgan fingerprint density at radius 1 is 0.955 bits per heavy atom. The van der Waals surface area contributed by atoms with Crippen LogP contribution in [-0.2, 0) is 19.3 Å². The minimum Gasteiger partial charge on any atom is -0.103 e. The quantitative estimate of drug-likeness (QED) is 0.410. The van der Waals surface area contributed by atoms with Gasteiger partial charge in [0.1, 0.15) is 0 Å². The molecule has 0 fully saturated rings. The lowest BCUT2D eigenvalue weighted by molar-refractivity contribution is 0.689. The molecule has 3 aromatic rings. The molecular weight excluding hydrogens is 264 g/mol. The molecule has 0 radical (unpaired) electrons. The Morgan fingerprint density at radius 3 is 2.73 bits per heavy atom. The highest BCUT2D eigenvalue weighted by Gasteiger charge is 2.16. The van der Waals surface area contributed by atoms with Crippen molar-refractivity contribution in [3.8, 4) is 0 Å². The monoisotopic (exact) mass is 286 g/mol. The first-order valence-electron chi connectivity index (χ1n) is 8.44. The molecule has 3 aromatic carbocycles. The van der Waals surface area contributed by atoms with E-state index in [9.17, 15) is 0 Å². The minimum absolute atomic E-state index is 1.05. The second-order valence-electron chi connectivity index (χ2n) is 6.42. The molecule has 0 heterocycles. The van der Waals surface area contributed by atoms with Gasteiger partial charge in [0, 0.05) is 0 Å². The van der Waals surface area contributed by atoms with Crippen molar-refractivity contribution in [3.05, 3.63) is 71.8 Å². The van der Waals surface area contributed by atoms with Crippen molar-refractivity contribution in [3.63, 3.8) is 0 Å². The lowest BCUT2D eigenvalue weighted by Crippen LogP contribution is -2.05. The number of allylic oxidation sites excluding steroid dienone is 1. The highest BCUT2D eigenvalue weighted by molar-refractivity contribution is 6.10. The fourth-order valence-electron chi connectivity index (χ4n) is 4.00. The van der Waals surface area contributed by atoms with Crippen LogP contribution in [0.2, 0.25) is 0 Å². The Balaban J connectivity index is 2.09. The van der Waals surface area contributed by atoms with E-state index in [0.717, 1.165) is 12.8 Å². The first-order valence-corrected chi connectivity index (χ1v) is 8.44. The number of aryl methyl sites for hydroxylation is 3. The lowest BCUT2D eigenvalue weighted by atomic mass is 9.83. The molecule has 0 N–H and O–H groups in total. The van der Waals surface area contributed by atoms with Gasteiger partial charge in [-0.1, -0.05) is 48.5 Å². The summed E-state index contributed by atoms with van der Waals surface area (Å²) < 4.78 is 0. The standard InChI is InChI=1S/C22H22/c1-2-3-8-18-15-17-10-5-6-11-19(17)21-14-13-16-9-4-7-12-20(16)22(18)21/h2,4,7,9,12-15H,1,3,5-6,8,10-11H2. The zero-order chi connectivity index (χ0) is 14.9. The third-order valence-electron chi connectivity index (χ3n) is 5.05. The van der Waals surface area contributed by atoms with E-state index in [1.54, 1.807) is 11.1 Å². The molecule has 0 bridgehead atoms. The largest absolute Gasteiger partial charge is 0.103 e. The summed E-state index contributed by atoms with van der Waals surface area (Å²) in [5.41, 5.74) is 4.70. The van der Waals surface area contributed by atoms with E-state index in [-0.39, 0.29) is 0 Å². The molecule has 1 aliphatic rings. The van der Waals surface area contributed by atoms with Crippen molar-refractivity contribution in [2.24, 2.45) is 0 Å². The predicted molar refractivity (Wildman–Crippen MR) is 96.6 cm³/mol. The van der Waals surface area contributed by atoms with Crippen molar-refractivity contribution < 1.29 is 0 Å². The maximum absolute atomic E-state index is 3.91. The number of hydrogen-bond donors (Lipinski definition) is 0. The van der Waals surface area contributed by atoms with Gasteiger partial charge in [-0.25, -0.2) is 0 Å². The van der Waals surface area contributed by atoms with Gasteiger partial charge < -0.3 is 0 Å². The summed E-state index contributed by atoms with van der Waals surface area (Å²) >= 11 is 0. The van der Waals surface area contributed by atoms with Gasteiger partial charge >= 0.3 is 0 Å². The first-order chi connectivity index (χ1) is 10.9. The minimum atomic E-state index is 1.05. The van der Waals surface area contributed by atoms with Crippen LogP contribution in [0, 0.1) is 0 Å². The first kappa shape index (κ1) is 13.6. The van der Waals surface area contributed by atoms with Crippen molar-refractivity contribution in [2.75, 3.05) is 0 Å². The van der Waals surface area contributed by atoms with E-state index < -0.39 is 0 Å². The van der Waals surface area contributed by atoms with Crippen molar-refractivity contribution in [1.82, 2.24) is 0 Å². The maximum Gasteiger partial charge on any atom is -0.00702 e. The zero-order valence-electron chi connectivity index (χ0n) is 13.1. The highest BCUT2D eigenvalue weighted by Crippen LogP contribution is 2.36. The SMILES string of the molecule is C=CCCc1cc2c(c3ccc4ccccc4c13)CCCC2. The number of rotatable bonds is 3. The van der Waals surface area contributed by atoms with Gasteiger partial charge in [0.2, 0.25) is 0 Å².